The average Bonchev–Trinajstić information content (AvgIpc) is 2.43. The lowest BCUT2D eigenvalue weighted by molar-refractivity contribution is -0.123. The average molecular weight is 262 g/mol. The molecule has 0 radical (unpaired) electrons. The van der Waals surface area contributed by atoms with Gasteiger partial charge in [-0.1, -0.05) is 32.3 Å². The summed E-state index contributed by atoms with van der Waals surface area (Å²) >= 11 is 0. The lowest BCUT2D eigenvalue weighted by Crippen LogP contribution is -2.24. The van der Waals surface area contributed by atoms with Gasteiger partial charge in [-0.3, -0.25) is 4.79 Å². The summed E-state index contributed by atoms with van der Waals surface area (Å²) in [5.74, 6) is 0.952. The maximum atomic E-state index is 13.2. The molecule has 0 N–H and O–H groups in total. The van der Waals surface area contributed by atoms with Crippen molar-refractivity contribution in [1.29, 1.82) is 0 Å². The molecule has 0 aliphatic heterocycles. The van der Waals surface area contributed by atoms with Crippen LogP contribution in [0.15, 0.2) is 18.2 Å². The zero-order chi connectivity index (χ0) is 13.8. The zero-order valence-corrected chi connectivity index (χ0v) is 11.9. The van der Waals surface area contributed by atoms with Crippen LogP contribution in [-0.4, -0.2) is 5.78 Å². The van der Waals surface area contributed by atoms with Crippen molar-refractivity contribution in [3.8, 4) is 0 Å². The van der Waals surface area contributed by atoms with E-state index in [9.17, 15) is 9.18 Å². The molecule has 2 unspecified atom stereocenters. The van der Waals surface area contributed by atoms with Crippen LogP contribution in [0.4, 0.5) is 4.39 Å². The van der Waals surface area contributed by atoms with Crippen molar-refractivity contribution >= 4 is 5.78 Å². The van der Waals surface area contributed by atoms with Crippen LogP contribution in [0.5, 0.6) is 0 Å². The quantitative estimate of drug-likeness (QED) is 0.783. The van der Waals surface area contributed by atoms with Crippen LogP contribution in [0, 0.1) is 24.6 Å². The molecule has 19 heavy (non-hydrogen) atoms. The smallest absolute Gasteiger partial charge is 0.140 e. The van der Waals surface area contributed by atoms with Gasteiger partial charge in [0, 0.05) is 12.3 Å². The Labute approximate surface area is 115 Å². The van der Waals surface area contributed by atoms with Gasteiger partial charge in [0.2, 0.25) is 0 Å². The van der Waals surface area contributed by atoms with Gasteiger partial charge in [-0.2, -0.15) is 0 Å². The van der Waals surface area contributed by atoms with Gasteiger partial charge < -0.3 is 0 Å². The molecule has 1 nitrogen and oxygen atoms in total. The molecule has 0 spiro atoms. The predicted molar refractivity (Wildman–Crippen MR) is 75.6 cm³/mol. The van der Waals surface area contributed by atoms with E-state index in [0.29, 0.717) is 18.1 Å². The molecule has 0 saturated heterocycles. The third kappa shape index (κ3) is 3.65. The Hall–Kier alpha value is -1.18. The third-order valence-electron chi connectivity index (χ3n) is 4.49. The Kier molecular flexibility index (Phi) is 4.73. The second kappa shape index (κ2) is 6.31. The summed E-state index contributed by atoms with van der Waals surface area (Å²) in [6.07, 6.45) is 6.04. The molecule has 0 heterocycles. The molecule has 1 saturated carbocycles. The summed E-state index contributed by atoms with van der Waals surface area (Å²) in [5.41, 5.74) is 1.86. The lowest BCUT2D eigenvalue weighted by atomic mass is 9.77. The Morgan fingerprint density at radius 3 is 2.89 bits per heavy atom. The summed E-state index contributed by atoms with van der Waals surface area (Å²) in [7, 11) is 0. The molecule has 104 valence electrons. The maximum absolute atomic E-state index is 13.2. The molecule has 2 rings (SSSR count). The van der Waals surface area contributed by atoms with Crippen LogP contribution >= 0.6 is 0 Å². The van der Waals surface area contributed by atoms with Crippen molar-refractivity contribution in [2.75, 3.05) is 0 Å². The first kappa shape index (κ1) is 14.2. The molecule has 0 aromatic heterocycles. The largest absolute Gasteiger partial charge is 0.299 e. The molecule has 1 aliphatic carbocycles. The van der Waals surface area contributed by atoms with E-state index in [1.165, 1.54) is 25.0 Å². The molecular formula is C17H23FO. The highest BCUT2D eigenvalue weighted by Gasteiger charge is 2.26. The first-order valence-electron chi connectivity index (χ1n) is 7.38. The molecule has 1 fully saturated rings. The minimum absolute atomic E-state index is 0.196. The second-order valence-corrected chi connectivity index (χ2v) is 5.85. The van der Waals surface area contributed by atoms with Gasteiger partial charge in [0.1, 0.15) is 11.6 Å². The maximum Gasteiger partial charge on any atom is 0.140 e. The summed E-state index contributed by atoms with van der Waals surface area (Å²) in [4.78, 5) is 12.4. The van der Waals surface area contributed by atoms with Crippen LogP contribution < -0.4 is 0 Å². The van der Waals surface area contributed by atoms with Crippen LogP contribution in [0.2, 0.25) is 0 Å². The summed E-state index contributed by atoms with van der Waals surface area (Å²) in [6, 6.07) is 4.72. The summed E-state index contributed by atoms with van der Waals surface area (Å²) in [5, 5.41) is 0. The van der Waals surface area contributed by atoms with Crippen molar-refractivity contribution in [2.24, 2.45) is 11.8 Å². The summed E-state index contributed by atoms with van der Waals surface area (Å²) in [6.45, 7) is 4.14. The molecule has 1 aromatic carbocycles. The predicted octanol–water partition coefficient (Wildman–Crippen LogP) is 4.46. The van der Waals surface area contributed by atoms with E-state index in [1.807, 2.05) is 6.92 Å². The second-order valence-electron chi connectivity index (χ2n) is 5.85. The van der Waals surface area contributed by atoms with Crippen molar-refractivity contribution in [3.63, 3.8) is 0 Å². The fourth-order valence-corrected chi connectivity index (χ4v) is 3.12. The Bertz CT molecular complexity index is 453. The highest BCUT2D eigenvalue weighted by Crippen LogP contribution is 2.32. The Morgan fingerprint density at radius 2 is 2.16 bits per heavy atom. The van der Waals surface area contributed by atoms with Crippen molar-refractivity contribution in [1.82, 2.24) is 0 Å². The molecule has 2 heteroatoms. The van der Waals surface area contributed by atoms with Gasteiger partial charge in [0.05, 0.1) is 0 Å². The third-order valence-corrected chi connectivity index (χ3v) is 4.49. The van der Waals surface area contributed by atoms with Gasteiger partial charge in [0.25, 0.3) is 0 Å². The minimum Gasteiger partial charge on any atom is -0.299 e. The number of hydrogen-bond acceptors (Lipinski definition) is 1. The number of halogens is 1. The van der Waals surface area contributed by atoms with E-state index in [-0.39, 0.29) is 11.7 Å². The normalized spacial score (nSPS) is 23.3. The molecule has 0 amide bonds. The van der Waals surface area contributed by atoms with Crippen molar-refractivity contribution in [2.45, 2.75) is 52.4 Å². The number of rotatable bonds is 4. The SMILES string of the molecule is CCC1CCCC(C(=O)Cc2cc(F)ccc2C)C1. The standard InChI is InChI=1S/C17H23FO/c1-3-13-5-4-6-14(9-13)17(19)11-15-10-16(18)8-7-12(15)2/h7-8,10,13-14H,3-6,9,11H2,1-2H3. The van der Waals surface area contributed by atoms with Gasteiger partial charge in [-0.05, 0) is 48.9 Å². The van der Waals surface area contributed by atoms with Crippen LogP contribution in [-0.2, 0) is 11.2 Å². The zero-order valence-electron chi connectivity index (χ0n) is 11.9. The van der Waals surface area contributed by atoms with Crippen LogP contribution in [0.25, 0.3) is 0 Å². The number of carbonyl (C=O) groups excluding carboxylic acids is 1. The van der Waals surface area contributed by atoms with Crippen LogP contribution in [0.1, 0.15) is 50.2 Å². The molecule has 0 bridgehead atoms. The Morgan fingerprint density at radius 1 is 1.37 bits per heavy atom. The van der Waals surface area contributed by atoms with Gasteiger partial charge in [0.15, 0.2) is 0 Å². The molecule has 1 aliphatic rings. The first-order chi connectivity index (χ1) is 9.10. The van der Waals surface area contributed by atoms with Gasteiger partial charge in [-0.15, -0.1) is 0 Å². The highest BCUT2D eigenvalue weighted by atomic mass is 19.1. The Balaban J connectivity index is 2.02. The number of aryl methyl sites for hydroxylation is 1. The van der Waals surface area contributed by atoms with E-state index >= 15 is 0 Å². The van der Waals surface area contributed by atoms with E-state index in [2.05, 4.69) is 6.92 Å². The van der Waals surface area contributed by atoms with Crippen molar-refractivity contribution < 1.29 is 9.18 Å². The number of benzene rings is 1. The lowest BCUT2D eigenvalue weighted by Gasteiger charge is -2.27. The monoisotopic (exact) mass is 262 g/mol. The van der Waals surface area contributed by atoms with E-state index in [1.54, 1.807) is 6.07 Å². The fraction of sp³-hybridized carbons (Fsp3) is 0.588. The molecular weight excluding hydrogens is 239 g/mol. The minimum atomic E-state index is -0.247. The number of Topliss-reactive ketones (excluding diaryl/α,β-unsaturated/α-hetero) is 1. The number of hydrogen-bond donors (Lipinski definition) is 0. The fourth-order valence-electron chi connectivity index (χ4n) is 3.12. The van der Waals surface area contributed by atoms with E-state index in [0.717, 1.165) is 30.4 Å². The van der Waals surface area contributed by atoms with E-state index < -0.39 is 0 Å². The summed E-state index contributed by atoms with van der Waals surface area (Å²) < 4.78 is 13.2. The highest BCUT2D eigenvalue weighted by molar-refractivity contribution is 5.83. The van der Waals surface area contributed by atoms with Crippen LogP contribution in [0.3, 0.4) is 0 Å². The molecule has 1 aromatic rings. The molecule has 2 atom stereocenters. The van der Waals surface area contributed by atoms with E-state index in [4.69, 9.17) is 0 Å². The first-order valence-corrected chi connectivity index (χ1v) is 7.38. The van der Waals surface area contributed by atoms with Crippen molar-refractivity contribution in [3.05, 3.63) is 35.1 Å². The topological polar surface area (TPSA) is 17.1 Å². The number of carbonyl (C=O) groups is 1. The van der Waals surface area contributed by atoms with Gasteiger partial charge >= 0.3 is 0 Å². The van der Waals surface area contributed by atoms with Gasteiger partial charge in [-0.25, -0.2) is 4.39 Å². The number of ketones is 1.